The van der Waals surface area contributed by atoms with Gasteiger partial charge in [-0.2, -0.15) is 10.1 Å². The molecule has 0 fully saturated rings. The van der Waals surface area contributed by atoms with Gasteiger partial charge in [0.05, 0.1) is 5.52 Å². The standard InChI is InChI=1S/C18H15FN6/c1-11-10-16(25-24-11)22-17-14-4-2-3-5-15(14)21-18(23-17)20-13-8-6-12(19)7-9-13/h2-10H,1H3,(H3,20,21,22,23,24,25). The third-order valence-electron chi connectivity index (χ3n) is 3.66. The van der Waals surface area contributed by atoms with Gasteiger partial charge >= 0.3 is 0 Å². The van der Waals surface area contributed by atoms with E-state index in [1.165, 1.54) is 12.1 Å². The summed E-state index contributed by atoms with van der Waals surface area (Å²) in [7, 11) is 0. The summed E-state index contributed by atoms with van der Waals surface area (Å²) in [5.74, 6) is 1.44. The summed E-state index contributed by atoms with van der Waals surface area (Å²) < 4.78 is 13.1. The van der Waals surface area contributed by atoms with Crippen LogP contribution in [0.4, 0.5) is 27.7 Å². The van der Waals surface area contributed by atoms with Gasteiger partial charge in [-0.1, -0.05) is 12.1 Å². The molecule has 0 bridgehead atoms. The molecule has 0 saturated heterocycles. The van der Waals surface area contributed by atoms with Gasteiger partial charge in [-0.3, -0.25) is 5.10 Å². The van der Waals surface area contributed by atoms with E-state index >= 15 is 0 Å². The topological polar surface area (TPSA) is 78.5 Å². The second-order valence-corrected chi connectivity index (χ2v) is 5.61. The molecule has 3 N–H and O–H groups in total. The smallest absolute Gasteiger partial charge is 0.229 e. The number of nitrogens with one attached hydrogen (secondary N) is 3. The van der Waals surface area contributed by atoms with E-state index in [1.807, 2.05) is 37.3 Å². The molecule has 2 heterocycles. The van der Waals surface area contributed by atoms with E-state index in [4.69, 9.17) is 0 Å². The minimum Gasteiger partial charge on any atom is -0.324 e. The molecular weight excluding hydrogens is 319 g/mol. The monoisotopic (exact) mass is 334 g/mol. The lowest BCUT2D eigenvalue weighted by Crippen LogP contribution is -2.02. The highest BCUT2D eigenvalue weighted by atomic mass is 19.1. The Morgan fingerprint density at radius 2 is 1.76 bits per heavy atom. The van der Waals surface area contributed by atoms with Crippen LogP contribution >= 0.6 is 0 Å². The molecule has 0 aliphatic rings. The molecule has 0 aliphatic heterocycles. The van der Waals surface area contributed by atoms with Crippen molar-refractivity contribution in [1.29, 1.82) is 0 Å². The van der Waals surface area contributed by atoms with E-state index in [1.54, 1.807) is 12.1 Å². The lowest BCUT2D eigenvalue weighted by atomic mass is 10.2. The normalized spacial score (nSPS) is 10.8. The number of nitrogens with zero attached hydrogens (tertiary/aromatic N) is 3. The molecule has 0 amide bonds. The average Bonchev–Trinajstić information content (AvgIpc) is 3.02. The second-order valence-electron chi connectivity index (χ2n) is 5.61. The highest BCUT2D eigenvalue weighted by Gasteiger charge is 2.09. The summed E-state index contributed by atoms with van der Waals surface area (Å²) in [6.45, 7) is 1.93. The van der Waals surface area contributed by atoms with Crippen LogP contribution in [0.1, 0.15) is 5.69 Å². The molecule has 4 rings (SSSR count). The fourth-order valence-electron chi connectivity index (χ4n) is 2.49. The molecular formula is C18H15FN6. The maximum Gasteiger partial charge on any atom is 0.229 e. The lowest BCUT2D eigenvalue weighted by molar-refractivity contribution is 0.628. The summed E-state index contributed by atoms with van der Waals surface area (Å²) in [5.41, 5.74) is 2.45. The number of fused-ring (bicyclic) bond motifs is 1. The summed E-state index contributed by atoms with van der Waals surface area (Å²) in [6, 6.07) is 15.6. The number of hydrogen-bond donors (Lipinski definition) is 3. The number of aryl methyl sites for hydroxylation is 1. The van der Waals surface area contributed by atoms with Gasteiger partial charge in [0.25, 0.3) is 0 Å². The molecule has 0 unspecified atom stereocenters. The van der Waals surface area contributed by atoms with Crippen molar-refractivity contribution in [2.24, 2.45) is 0 Å². The number of hydrogen-bond acceptors (Lipinski definition) is 5. The zero-order valence-electron chi connectivity index (χ0n) is 13.4. The van der Waals surface area contributed by atoms with E-state index in [2.05, 4.69) is 30.8 Å². The highest BCUT2D eigenvalue weighted by molar-refractivity contribution is 5.91. The first-order valence-electron chi connectivity index (χ1n) is 7.76. The van der Waals surface area contributed by atoms with E-state index in [-0.39, 0.29) is 5.82 Å². The molecule has 0 radical (unpaired) electrons. The Bertz CT molecular complexity index is 1030. The first kappa shape index (κ1) is 15.1. The molecule has 0 atom stereocenters. The SMILES string of the molecule is Cc1cc(Nc2nc(Nc3ccc(F)cc3)nc3ccccc23)n[nH]1. The van der Waals surface area contributed by atoms with Gasteiger partial charge in [-0.25, -0.2) is 9.37 Å². The Morgan fingerprint density at radius 1 is 0.960 bits per heavy atom. The van der Waals surface area contributed by atoms with Crippen molar-refractivity contribution in [3.05, 3.63) is 66.1 Å². The predicted octanol–water partition coefficient (Wildman–Crippen LogP) is 4.29. The molecule has 0 aliphatic carbocycles. The maximum atomic E-state index is 13.1. The van der Waals surface area contributed by atoms with Crippen molar-refractivity contribution in [1.82, 2.24) is 20.2 Å². The zero-order valence-corrected chi connectivity index (χ0v) is 13.4. The fraction of sp³-hybridized carbons (Fsp3) is 0.0556. The van der Waals surface area contributed by atoms with E-state index in [0.717, 1.165) is 16.6 Å². The summed E-state index contributed by atoms with van der Waals surface area (Å²) in [5, 5.41) is 14.3. The van der Waals surface area contributed by atoms with Crippen molar-refractivity contribution < 1.29 is 4.39 Å². The van der Waals surface area contributed by atoms with Crippen LogP contribution < -0.4 is 10.6 Å². The summed E-state index contributed by atoms with van der Waals surface area (Å²) in [6.07, 6.45) is 0. The van der Waals surface area contributed by atoms with Crippen LogP contribution in [-0.4, -0.2) is 20.2 Å². The second kappa shape index (κ2) is 6.20. The van der Waals surface area contributed by atoms with Crippen molar-refractivity contribution in [2.45, 2.75) is 6.92 Å². The Balaban J connectivity index is 1.73. The van der Waals surface area contributed by atoms with Crippen LogP contribution in [0.5, 0.6) is 0 Å². The van der Waals surface area contributed by atoms with Gasteiger partial charge in [0.1, 0.15) is 11.6 Å². The number of aromatic nitrogens is 4. The molecule has 0 saturated carbocycles. The number of benzene rings is 2. The Hall–Kier alpha value is -3.48. The van der Waals surface area contributed by atoms with Crippen LogP contribution in [0.3, 0.4) is 0 Å². The zero-order chi connectivity index (χ0) is 17.2. The first-order chi connectivity index (χ1) is 12.2. The minimum atomic E-state index is -0.291. The number of rotatable bonds is 4. The number of anilines is 4. The summed E-state index contributed by atoms with van der Waals surface area (Å²) >= 11 is 0. The van der Waals surface area contributed by atoms with E-state index in [9.17, 15) is 4.39 Å². The van der Waals surface area contributed by atoms with Crippen molar-refractivity contribution in [3.8, 4) is 0 Å². The van der Waals surface area contributed by atoms with E-state index < -0.39 is 0 Å². The fourth-order valence-corrected chi connectivity index (χ4v) is 2.49. The Morgan fingerprint density at radius 3 is 2.52 bits per heavy atom. The predicted molar refractivity (Wildman–Crippen MR) is 95.8 cm³/mol. The molecule has 2 aromatic carbocycles. The number of aromatic amines is 1. The number of H-pyrrole nitrogens is 1. The van der Waals surface area contributed by atoms with Crippen molar-refractivity contribution in [2.75, 3.05) is 10.6 Å². The Labute approximate surface area is 143 Å². The molecule has 2 aromatic heterocycles. The van der Waals surface area contributed by atoms with Crippen LogP contribution in [0.15, 0.2) is 54.6 Å². The third kappa shape index (κ3) is 3.25. The Kier molecular flexibility index (Phi) is 3.74. The average molecular weight is 334 g/mol. The van der Waals surface area contributed by atoms with Gasteiger partial charge in [-0.15, -0.1) is 0 Å². The van der Waals surface area contributed by atoms with Crippen LogP contribution in [0, 0.1) is 12.7 Å². The van der Waals surface area contributed by atoms with Crippen molar-refractivity contribution >= 4 is 34.2 Å². The molecule has 124 valence electrons. The molecule has 25 heavy (non-hydrogen) atoms. The van der Waals surface area contributed by atoms with Gasteiger partial charge in [-0.05, 0) is 43.3 Å². The van der Waals surface area contributed by atoms with E-state index in [0.29, 0.717) is 23.3 Å². The lowest BCUT2D eigenvalue weighted by Gasteiger charge is -2.10. The maximum absolute atomic E-state index is 13.1. The van der Waals surface area contributed by atoms with Crippen LogP contribution in [0.2, 0.25) is 0 Å². The molecule has 6 nitrogen and oxygen atoms in total. The molecule has 7 heteroatoms. The largest absolute Gasteiger partial charge is 0.324 e. The molecule has 4 aromatic rings. The minimum absolute atomic E-state index is 0.291. The summed E-state index contributed by atoms with van der Waals surface area (Å²) in [4.78, 5) is 9.06. The van der Waals surface area contributed by atoms with Crippen molar-refractivity contribution in [3.63, 3.8) is 0 Å². The first-order valence-corrected chi connectivity index (χ1v) is 7.76. The third-order valence-corrected chi connectivity index (χ3v) is 3.66. The van der Waals surface area contributed by atoms with Gasteiger partial charge in [0.2, 0.25) is 5.95 Å². The van der Waals surface area contributed by atoms with Gasteiger partial charge in [0, 0.05) is 22.8 Å². The number of halogens is 1. The molecule has 0 spiro atoms. The van der Waals surface area contributed by atoms with Gasteiger partial charge in [0.15, 0.2) is 5.82 Å². The van der Waals surface area contributed by atoms with Gasteiger partial charge < -0.3 is 10.6 Å². The highest BCUT2D eigenvalue weighted by Crippen LogP contribution is 2.25. The van der Waals surface area contributed by atoms with Crippen LogP contribution in [0.25, 0.3) is 10.9 Å². The number of para-hydroxylation sites is 1. The quantitative estimate of drug-likeness (QED) is 0.519. The van der Waals surface area contributed by atoms with Crippen LogP contribution in [-0.2, 0) is 0 Å².